The fourth-order valence-electron chi connectivity index (χ4n) is 1.77. The molecule has 0 aromatic rings. The smallest absolute Gasteiger partial charge is 0.307 e. The SMILES string of the molecule is CNC(=S)[C@@H](CC(C)C)C(CC(N)=O)C(=O)O. The zero-order valence-electron chi connectivity index (χ0n) is 10.4. The number of carboxylic acid groups (broad SMARTS) is 1. The molecule has 0 spiro atoms. The topological polar surface area (TPSA) is 92.4 Å². The van der Waals surface area contributed by atoms with Crippen LogP contribution in [-0.2, 0) is 9.59 Å². The lowest BCUT2D eigenvalue weighted by Gasteiger charge is -2.25. The molecule has 0 rings (SSSR count). The minimum atomic E-state index is -1.04. The molecule has 0 saturated heterocycles. The van der Waals surface area contributed by atoms with Crippen LogP contribution in [0.15, 0.2) is 0 Å². The van der Waals surface area contributed by atoms with Gasteiger partial charge in [-0.15, -0.1) is 0 Å². The molecule has 2 atom stereocenters. The van der Waals surface area contributed by atoms with Gasteiger partial charge in [0.2, 0.25) is 5.91 Å². The van der Waals surface area contributed by atoms with Gasteiger partial charge < -0.3 is 16.2 Å². The number of carbonyl (C=O) groups is 2. The number of hydrogen-bond donors (Lipinski definition) is 3. The number of primary amides is 1. The maximum absolute atomic E-state index is 11.2. The summed E-state index contributed by atoms with van der Waals surface area (Å²) in [5.74, 6) is -2.58. The van der Waals surface area contributed by atoms with E-state index in [2.05, 4.69) is 5.32 Å². The zero-order chi connectivity index (χ0) is 13.6. The Balaban J connectivity index is 4.99. The number of rotatable bonds is 7. The van der Waals surface area contributed by atoms with E-state index in [1.165, 1.54) is 0 Å². The van der Waals surface area contributed by atoms with Crippen molar-refractivity contribution in [1.29, 1.82) is 0 Å². The van der Waals surface area contributed by atoms with Gasteiger partial charge in [-0.1, -0.05) is 26.1 Å². The largest absolute Gasteiger partial charge is 0.481 e. The third-order valence-corrected chi connectivity index (χ3v) is 3.04. The van der Waals surface area contributed by atoms with Crippen molar-refractivity contribution < 1.29 is 14.7 Å². The maximum Gasteiger partial charge on any atom is 0.307 e. The quantitative estimate of drug-likeness (QED) is 0.588. The van der Waals surface area contributed by atoms with Crippen LogP contribution in [0.2, 0.25) is 0 Å². The fraction of sp³-hybridized carbons (Fsp3) is 0.727. The summed E-state index contributed by atoms with van der Waals surface area (Å²) in [6, 6.07) is 0. The van der Waals surface area contributed by atoms with Gasteiger partial charge in [0, 0.05) is 19.4 Å². The number of carboxylic acids is 1. The average Bonchev–Trinajstić information content (AvgIpc) is 2.21. The molecule has 1 unspecified atom stereocenters. The van der Waals surface area contributed by atoms with Crippen molar-refractivity contribution in [2.24, 2.45) is 23.5 Å². The van der Waals surface area contributed by atoms with E-state index in [1.807, 2.05) is 13.8 Å². The van der Waals surface area contributed by atoms with Gasteiger partial charge in [0.1, 0.15) is 0 Å². The first kappa shape index (κ1) is 15.8. The molecule has 0 saturated carbocycles. The van der Waals surface area contributed by atoms with Crippen LogP contribution in [0.25, 0.3) is 0 Å². The second-order valence-electron chi connectivity index (χ2n) is 4.47. The summed E-state index contributed by atoms with van der Waals surface area (Å²) in [4.78, 5) is 22.6. The predicted octanol–water partition coefficient (Wildman–Crippen LogP) is 0.772. The third kappa shape index (κ3) is 5.63. The minimum Gasteiger partial charge on any atom is -0.481 e. The summed E-state index contributed by atoms with van der Waals surface area (Å²) >= 11 is 5.12. The van der Waals surface area contributed by atoms with E-state index in [-0.39, 0.29) is 12.3 Å². The molecule has 0 fully saturated rings. The molecule has 98 valence electrons. The standard InChI is InChI=1S/C11H20N2O3S/c1-6(2)4-7(10(17)13-3)8(11(15)16)5-9(12)14/h6-8H,4-5H2,1-3H3,(H2,12,14)(H,13,17)(H,15,16)/t7-,8?/m0/s1. The van der Waals surface area contributed by atoms with E-state index in [0.717, 1.165) is 0 Å². The van der Waals surface area contributed by atoms with Crippen molar-refractivity contribution in [3.8, 4) is 0 Å². The summed E-state index contributed by atoms with van der Waals surface area (Å²) in [5, 5.41) is 11.9. The molecule has 1 amide bonds. The summed E-state index contributed by atoms with van der Waals surface area (Å²) in [6.45, 7) is 3.96. The molecule has 0 aliphatic heterocycles. The molecule has 6 heteroatoms. The van der Waals surface area contributed by atoms with E-state index in [4.69, 9.17) is 23.1 Å². The number of hydrogen-bond acceptors (Lipinski definition) is 3. The van der Waals surface area contributed by atoms with Crippen LogP contribution in [0.4, 0.5) is 0 Å². The third-order valence-electron chi connectivity index (χ3n) is 2.53. The molecular weight excluding hydrogens is 240 g/mol. The lowest BCUT2D eigenvalue weighted by Crippen LogP contribution is -2.38. The number of nitrogens with one attached hydrogen (secondary N) is 1. The van der Waals surface area contributed by atoms with Crippen molar-refractivity contribution in [2.75, 3.05) is 7.05 Å². The minimum absolute atomic E-state index is 0.186. The number of thiocarbonyl (C=S) groups is 1. The Morgan fingerprint density at radius 1 is 1.35 bits per heavy atom. The summed E-state index contributed by atoms with van der Waals surface area (Å²) in [6.07, 6.45) is 0.429. The fourth-order valence-corrected chi connectivity index (χ4v) is 2.03. The molecule has 4 N–H and O–H groups in total. The first-order valence-electron chi connectivity index (χ1n) is 5.52. The van der Waals surface area contributed by atoms with Gasteiger partial charge in [0.05, 0.1) is 10.9 Å². The first-order chi connectivity index (χ1) is 7.79. The van der Waals surface area contributed by atoms with Gasteiger partial charge in [0.25, 0.3) is 0 Å². The molecule has 0 heterocycles. The molecule has 5 nitrogen and oxygen atoms in total. The van der Waals surface area contributed by atoms with Gasteiger partial charge in [-0.3, -0.25) is 9.59 Å². The highest BCUT2D eigenvalue weighted by molar-refractivity contribution is 7.80. The van der Waals surface area contributed by atoms with E-state index in [9.17, 15) is 9.59 Å². The average molecular weight is 260 g/mol. The normalized spacial score (nSPS) is 14.1. The Morgan fingerprint density at radius 2 is 1.88 bits per heavy atom. The number of nitrogens with two attached hydrogens (primary N) is 1. The van der Waals surface area contributed by atoms with E-state index < -0.39 is 17.8 Å². The molecule has 0 bridgehead atoms. The zero-order valence-corrected chi connectivity index (χ0v) is 11.2. The second kappa shape index (κ2) is 7.21. The number of amides is 1. The summed E-state index contributed by atoms with van der Waals surface area (Å²) in [7, 11) is 1.65. The molecule has 17 heavy (non-hydrogen) atoms. The van der Waals surface area contributed by atoms with Crippen molar-refractivity contribution >= 4 is 29.1 Å². The van der Waals surface area contributed by atoms with E-state index >= 15 is 0 Å². The van der Waals surface area contributed by atoms with Crippen LogP contribution in [-0.4, -0.2) is 29.0 Å². The lowest BCUT2D eigenvalue weighted by atomic mass is 9.83. The van der Waals surface area contributed by atoms with Crippen LogP contribution in [0.1, 0.15) is 26.7 Å². The van der Waals surface area contributed by atoms with Gasteiger partial charge >= 0.3 is 5.97 Å². The van der Waals surface area contributed by atoms with Crippen molar-refractivity contribution in [3.63, 3.8) is 0 Å². The van der Waals surface area contributed by atoms with Crippen LogP contribution in [0, 0.1) is 17.8 Å². The molecular formula is C11H20N2O3S. The van der Waals surface area contributed by atoms with Crippen molar-refractivity contribution in [1.82, 2.24) is 5.32 Å². The van der Waals surface area contributed by atoms with Gasteiger partial charge in [-0.2, -0.15) is 0 Å². The molecule has 0 aliphatic carbocycles. The molecule has 0 aliphatic rings. The van der Waals surface area contributed by atoms with Gasteiger partial charge in [0.15, 0.2) is 0 Å². The Kier molecular flexibility index (Phi) is 6.72. The highest BCUT2D eigenvalue weighted by Gasteiger charge is 2.32. The van der Waals surface area contributed by atoms with Crippen molar-refractivity contribution in [3.05, 3.63) is 0 Å². The van der Waals surface area contributed by atoms with E-state index in [0.29, 0.717) is 17.3 Å². The Morgan fingerprint density at radius 3 is 2.18 bits per heavy atom. The van der Waals surface area contributed by atoms with Crippen LogP contribution < -0.4 is 11.1 Å². The van der Waals surface area contributed by atoms with E-state index in [1.54, 1.807) is 7.05 Å². The predicted molar refractivity (Wildman–Crippen MR) is 69.5 cm³/mol. The summed E-state index contributed by atoms with van der Waals surface area (Å²) < 4.78 is 0. The lowest BCUT2D eigenvalue weighted by molar-refractivity contribution is -0.145. The highest BCUT2D eigenvalue weighted by atomic mass is 32.1. The Hall–Kier alpha value is -1.17. The van der Waals surface area contributed by atoms with Crippen molar-refractivity contribution in [2.45, 2.75) is 26.7 Å². The van der Waals surface area contributed by atoms with Gasteiger partial charge in [-0.05, 0) is 12.3 Å². The summed E-state index contributed by atoms with van der Waals surface area (Å²) in [5.41, 5.74) is 5.08. The van der Waals surface area contributed by atoms with Crippen LogP contribution >= 0.6 is 12.2 Å². The molecule has 0 radical (unpaired) electrons. The number of aliphatic carboxylic acids is 1. The maximum atomic E-state index is 11.2. The van der Waals surface area contributed by atoms with Crippen LogP contribution in [0.5, 0.6) is 0 Å². The van der Waals surface area contributed by atoms with Crippen LogP contribution in [0.3, 0.4) is 0 Å². The first-order valence-corrected chi connectivity index (χ1v) is 5.93. The molecule has 0 aromatic carbocycles. The van der Waals surface area contributed by atoms with Gasteiger partial charge in [-0.25, -0.2) is 0 Å². The second-order valence-corrected chi connectivity index (χ2v) is 4.91. The Labute approximate surface area is 107 Å². The molecule has 0 aromatic heterocycles. The number of carbonyl (C=O) groups excluding carboxylic acids is 1. The highest BCUT2D eigenvalue weighted by Crippen LogP contribution is 2.25. The monoisotopic (exact) mass is 260 g/mol. The Bertz CT molecular complexity index is 305.